The van der Waals surface area contributed by atoms with E-state index in [1.54, 1.807) is 0 Å². The summed E-state index contributed by atoms with van der Waals surface area (Å²) in [7, 11) is 0. The van der Waals surface area contributed by atoms with Crippen LogP contribution in [0.25, 0.3) is 0 Å². The first kappa shape index (κ1) is 15.4. The van der Waals surface area contributed by atoms with E-state index in [1.807, 2.05) is 35.7 Å². The number of hydrogen-bond donors (Lipinski definition) is 1. The van der Waals surface area contributed by atoms with Crippen LogP contribution in [0.1, 0.15) is 37.6 Å². The molecule has 1 N–H and O–H groups in total. The SMILES string of the molecule is CSC(C)CCN1C(=O)C(C)NC1c1ccccc1C. The minimum Gasteiger partial charge on any atom is -0.322 e. The maximum absolute atomic E-state index is 12.4. The molecule has 1 fully saturated rings. The van der Waals surface area contributed by atoms with E-state index in [4.69, 9.17) is 0 Å². The van der Waals surface area contributed by atoms with Crippen LogP contribution in [0.5, 0.6) is 0 Å². The number of carbonyl (C=O) groups is 1. The number of aryl methyl sites for hydroxylation is 1. The van der Waals surface area contributed by atoms with Gasteiger partial charge in [-0.3, -0.25) is 10.1 Å². The second-order valence-corrected chi connectivity index (χ2v) is 6.79. The fraction of sp³-hybridized carbons (Fsp3) is 0.562. The molecule has 0 spiro atoms. The van der Waals surface area contributed by atoms with Gasteiger partial charge in [0.25, 0.3) is 0 Å². The molecule has 4 heteroatoms. The highest BCUT2D eigenvalue weighted by atomic mass is 32.2. The fourth-order valence-electron chi connectivity index (χ4n) is 2.60. The van der Waals surface area contributed by atoms with Gasteiger partial charge in [-0.2, -0.15) is 11.8 Å². The second-order valence-electron chi connectivity index (χ2n) is 5.51. The molecular formula is C16H24N2OS. The van der Waals surface area contributed by atoms with Crippen LogP contribution >= 0.6 is 11.8 Å². The largest absolute Gasteiger partial charge is 0.322 e. The van der Waals surface area contributed by atoms with Crippen LogP contribution in [-0.4, -0.2) is 34.9 Å². The van der Waals surface area contributed by atoms with Crippen molar-refractivity contribution in [3.63, 3.8) is 0 Å². The third-order valence-electron chi connectivity index (χ3n) is 4.03. The minimum absolute atomic E-state index is 0.0211. The van der Waals surface area contributed by atoms with Crippen molar-refractivity contribution in [1.29, 1.82) is 0 Å². The second kappa shape index (κ2) is 6.64. The van der Waals surface area contributed by atoms with E-state index in [9.17, 15) is 4.79 Å². The summed E-state index contributed by atoms with van der Waals surface area (Å²) >= 11 is 1.85. The smallest absolute Gasteiger partial charge is 0.241 e. The van der Waals surface area contributed by atoms with Gasteiger partial charge in [0.15, 0.2) is 0 Å². The maximum Gasteiger partial charge on any atom is 0.241 e. The van der Waals surface area contributed by atoms with Crippen molar-refractivity contribution in [2.75, 3.05) is 12.8 Å². The zero-order valence-corrected chi connectivity index (χ0v) is 13.5. The van der Waals surface area contributed by atoms with Crippen molar-refractivity contribution in [3.8, 4) is 0 Å². The van der Waals surface area contributed by atoms with Crippen molar-refractivity contribution >= 4 is 17.7 Å². The predicted octanol–water partition coefficient (Wildman–Crippen LogP) is 2.96. The van der Waals surface area contributed by atoms with E-state index in [1.165, 1.54) is 11.1 Å². The summed E-state index contributed by atoms with van der Waals surface area (Å²) in [5.74, 6) is 0.214. The first-order valence-electron chi connectivity index (χ1n) is 7.19. The number of nitrogens with one attached hydrogen (secondary N) is 1. The van der Waals surface area contributed by atoms with E-state index in [2.05, 4.69) is 37.6 Å². The van der Waals surface area contributed by atoms with Gasteiger partial charge in [0.2, 0.25) is 5.91 Å². The lowest BCUT2D eigenvalue weighted by Gasteiger charge is -2.26. The molecule has 1 amide bonds. The first-order valence-corrected chi connectivity index (χ1v) is 8.48. The quantitative estimate of drug-likeness (QED) is 0.905. The molecule has 110 valence electrons. The van der Waals surface area contributed by atoms with E-state index in [-0.39, 0.29) is 18.1 Å². The van der Waals surface area contributed by atoms with Crippen LogP contribution in [0, 0.1) is 6.92 Å². The number of hydrogen-bond acceptors (Lipinski definition) is 3. The molecule has 0 radical (unpaired) electrons. The number of carbonyl (C=O) groups excluding carboxylic acids is 1. The Kier molecular flexibility index (Phi) is 5.11. The van der Waals surface area contributed by atoms with E-state index < -0.39 is 0 Å². The first-order chi connectivity index (χ1) is 9.54. The Balaban J connectivity index is 2.18. The van der Waals surface area contributed by atoms with E-state index >= 15 is 0 Å². The molecule has 1 aliphatic heterocycles. The van der Waals surface area contributed by atoms with E-state index in [0.717, 1.165) is 13.0 Å². The van der Waals surface area contributed by atoms with Gasteiger partial charge < -0.3 is 4.90 Å². The third-order valence-corrected chi connectivity index (χ3v) is 5.08. The lowest BCUT2D eigenvalue weighted by Crippen LogP contribution is -2.33. The van der Waals surface area contributed by atoms with Gasteiger partial charge >= 0.3 is 0 Å². The molecule has 1 aliphatic rings. The zero-order chi connectivity index (χ0) is 14.7. The van der Waals surface area contributed by atoms with Crippen molar-refractivity contribution in [2.45, 2.75) is 44.6 Å². The molecule has 1 aromatic rings. The maximum atomic E-state index is 12.4. The van der Waals surface area contributed by atoms with Gasteiger partial charge in [0, 0.05) is 11.8 Å². The van der Waals surface area contributed by atoms with Crippen LogP contribution in [0.4, 0.5) is 0 Å². The Bertz CT molecular complexity index is 477. The summed E-state index contributed by atoms with van der Waals surface area (Å²) in [5.41, 5.74) is 2.44. The normalized spacial score (nSPS) is 24.2. The van der Waals surface area contributed by atoms with E-state index in [0.29, 0.717) is 5.25 Å². The summed E-state index contributed by atoms with van der Waals surface area (Å²) in [6.45, 7) is 7.08. The van der Waals surface area contributed by atoms with Gasteiger partial charge in [-0.25, -0.2) is 0 Å². The zero-order valence-electron chi connectivity index (χ0n) is 12.7. The molecule has 3 unspecified atom stereocenters. The molecule has 1 heterocycles. The van der Waals surface area contributed by atoms with Gasteiger partial charge in [-0.05, 0) is 37.7 Å². The highest BCUT2D eigenvalue weighted by Gasteiger charge is 2.37. The van der Waals surface area contributed by atoms with Crippen LogP contribution < -0.4 is 5.32 Å². The molecular weight excluding hydrogens is 268 g/mol. The number of nitrogens with zero attached hydrogens (tertiary/aromatic N) is 1. The highest BCUT2D eigenvalue weighted by Crippen LogP contribution is 2.28. The summed E-state index contributed by atoms with van der Waals surface area (Å²) in [5, 5.41) is 4.00. The number of amides is 1. The lowest BCUT2D eigenvalue weighted by molar-refractivity contribution is -0.129. The Morgan fingerprint density at radius 1 is 1.40 bits per heavy atom. The monoisotopic (exact) mass is 292 g/mol. The molecule has 2 rings (SSSR count). The Hall–Kier alpha value is -1.00. The number of benzene rings is 1. The fourth-order valence-corrected chi connectivity index (χ4v) is 2.94. The average molecular weight is 292 g/mol. The Labute approximate surface area is 126 Å². The summed E-state index contributed by atoms with van der Waals surface area (Å²) in [6.07, 6.45) is 3.17. The summed E-state index contributed by atoms with van der Waals surface area (Å²) in [4.78, 5) is 14.4. The van der Waals surface area contributed by atoms with Gasteiger partial charge in [0.1, 0.15) is 6.17 Å². The van der Waals surface area contributed by atoms with Crippen LogP contribution in [0.3, 0.4) is 0 Å². The topological polar surface area (TPSA) is 32.3 Å². The van der Waals surface area contributed by atoms with Crippen LogP contribution in [-0.2, 0) is 4.79 Å². The van der Waals surface area contributed by atoms with Crippen molar-refractivity contribution < 1.29 is 4.79 Å². The molecule has 0 aromatic heterocycles. The minimum atomic E-state index is -0.0933. The number of rotatable bonds is 5. The molecule has 20 heavy (non-hydrogen) atoms. The van der Waals surface area contributed by atoms with Gasteiger partial charge in [-0.1, -0.05) is 31.2 Å². The standard InChI is InChI=1S/C16H24N2OS/c1-11-7-5-6-8-14(11)15-17-13(3)16(19)18(15)10-9-12(2)20-4/h5-8,12-13,15,17H,9-10H2,1-4H3. The lowest BCUT2D eigenvalue weighted by atomic mass is 10.1. The average Bonchev–Trinajstić information content (AvgIpc) is 2.72. The van der Waals surface area contributed by atoms with Crippen molar-refractivity contribution in [1.82, 2.24) is 10.2 Å². The molecule has 3 atom stereocenters. The van der Waals surface area contributed by atoms with Gasteiger partial charge in [0.05, 0.1) is 6.04 Å². The molecule has 0 bridgehead atoms. The molecule has 3 nitrogen and oxygen atoms in total. The molecule has 0 aliphatic carbocycles. The summed E-state index contributed by atoms with van der Waals surface area (Å²) < 4.78 is 0. The molecule has 0 saturated carbocycles. The van der Waals surface area contributed by atoms with Gasteiger partial charge in [-0.15, -0.1) is 0 Å². The Morgan fingerprint density at radius 3 is 2.75 bits per heavy atom. The van der Waals surface area contributed by atoms with Crippen LogP contribution in [0.15, 0.2) is 24.3 Å². The predicted molar refractivity (Wildman–Crippen MR) is 85.8 cm³/mol. The van der Waals surface area contributed by atoms with Crippen molar-refractivity contribution in [3.05, 3.63) is 35.4 Å². The highest BCUT2D eigenvalue weighted by molar-refractivity contribution is 7.99. The molecule has 1 saturated heterocycles. The molecule has 1 aromatic carbocycles. The van der Waals surface area contributed by atoms with Crippen molar-refractivity contribution in [2.24, 2.45) is 0 Å². The van der Waals surface area contributed by atoms with Crippen LogP contribution in [0.2, 0.25) is 0 Å². The third kappa shape index (κ3) is 3.18. The number of thioether (sulfide) groups is 1. The summed E-state index contributed by atoms with van der Waals surface area (Å²) in [6, 6.07) is 8.21. The Morgan fingerprint density at radius 2 is 2.10 bits per heavy atom.